The minimum atomic E-state index is -3.62. The third kappa shape index (κ3) is 4.51. The number of non-ortho nitro benzene ring substituents is 1. The number of hydrogen-bond donors (Lipinski definition) is 1. The SMILES string of the molecule is CCN(CC(N)=S)S(=O)(=O)Cc1cccc([N+](=O)[O-])c1. The maximum absolute atomic E-state index is 12.2. The third-order valence-electron chi connectivity index (χ3n) is 2.55. The Kier molecular flexibility index (Phi) is 5.54. The number of nitro groups is 1. The molecule has 1 rings (SSSR count). The Bertz CT molecular complexity index is 616. The molecule has 20 heavy (non-hydrogen) atoms. The summed E-state index contributed by atoms with van der Waals surface area (Å²) in [4.78, 5) is 10.2. The number of likely N-dealkylation sites (N-methyl/N-ethyl adjacent to an activating group) is 1. The summed E-state index contributed by atoms with van der Waals surface area (Å²) in [6, 6.07) is 5.53. The van der Waals surface area contributed by atoms with Crippen LogP contribution in [0.1, 0.15) is 12.5 Å². The summed E-state index contributed by atoms with van der Waals surface area (Å²) < 4.78 is 25.5. The zero-order valence-electron chi connectivity index (χ0n) is 10.9. The average Bonchev–Trinajstić information content (AvgIpc) is 2.35. The van der Waals surface area contributed by atoms with Gasteiger partial charge in [0.05, 0.1) is 22.2 Å². The first-order valence-corrected chi connectivity index (χ1v) is 7.77. The smallest absolute Gasteiger partial charge is 0.269 e. The number of nitro benzene ring substituents is 1. The first-order valence-electron chi connectivity index (χ1n) is 5.75. The van der Waals surface area contributed by atoms with Gasteiger partial charge in [-0.2, -0.15) is 4.31 Å². The van der Waals surface area contributed by atoms with Crippen LogP contribution in [-0.4, -0.2) is 35.7 Å². The van der Waals surface area contributed by atoms with Gasteiger partial charge in [-0.05, 0) is 5.56 Å². The van der Waals surface area contributed by atoms with Crippen LogP contribution in [0.3, 0.4) is 0 Å². The van der Waals surface area contributed by atoms with E-state index in [1.54, 1.807) is 6.92 Å². The zero-order valence-corrected chi connectivity index (χ0v) is 12.5. The molecule has 1 aromatic rings. The van der Waals surface area contributed by atoms with E-state index in [-0.39, 0.29) is 29.5 Å². The van der Waals surface area contributed by atoms with Crippen molar-refractivity contribution < 1.29 is 13.3 Å². The molecule has 0 atom stereocenters. The molecule has 0 spiro atoms. The first-order chi connectivity index (χ1) is 9.26. The highest BCUT2D eigenvalue weighted by molar-refractivity contribution is 7.88. The summed E-state index contributed by atoms with van der Waals surface area (Å²) in [5.74, 6) is -0.328. The fraction of sp³-hybridized carbons (Fsp3) is 0.364. The Balaban J connectivity index is 2.98. The van der Waals surface area contributed by atoms with Gasteiger partial charge >= 0.3 is 0 Å². The average molecular weight is 317 g/mol. The lowest BCUT2D eigenvalue weighted by atomic mass is 10.2. The summed E-state index contributed by atoms with van der Waals surface area (Å²) >= 11 is 4.71. The first kappa shape index (κ1) is 16.5. The molecule has 110 valence electrons. The largest absolute Gasteiger partial charge is 0.392 e. The van der Waals surface area contributed by atoms with E-state index in [0.29, 0.717) is 5.56 Å². The number of nitrogens with two attached hydrogens (primary N) is 1. The molecule has 0 aromatic heterocycles. The van der Waals surface area contributed by atoms with Crippen LogP contribution in [0.5, 0.6) is 0 Å². The second kappa shape index (κ2) is 6.73. The fourth-order valence-corrected chi connectivity index (χ4v) is 3.39. The van der Waals surface area contributed by atoms with Gasteiger partial charge in [0.2, 0.25) is 10.0 Å². The van der Waals surface area contributed by atoms with Crippen LogP contribution >= 0.6 is 12.2 Å². The van der Waals surface area contributed by atoms with Crippen molar-refractivity contribution >= 4 is 32.9 Å². The van der Waals surface area contributed by atoms with Gasteiger partial charge < -0.3 is 5.73 Å². The van der Waals surface area contributed by atoms with E-state index in [9.17, 15) is 18.5 Å². The number of sulfonamides is 1. The van der Waals surface area contributed by atoms with Crippen molar-refractivity contribution in [1.29, 1.82) is 0 Å². The van der Waals surface area contributed by atoms with E-state index in [2.05, 4.69) is 0 Å². The normalized spacial score (nSPS) is 11.5. The number of thiocarbonyl (C=S) groups is 1. The Morgan fingerprint density at radius 1 is 1.50 bits per heavy atom. The van der Waals surface area contributed by atoms with E-state index < -0.39 is 14.9 Å². The van der Waals surface area contributed by atoms with Crippen LogP contribution in [0.25, 0.3) is 0 Å². The minimum Gasteiger partial charge on any atom is -0.392 e. The summed E-state index contributed by atoms with van der Waals surface area (Å²) in [6.45, 7) is 1.86. The van der Waals surface area contributed by atoms with Crippen molar-refractivity contribution in [3.8, 4) is 0 Å². The molecule has 7 nitrogen and oxygen atoms in total. The van der Waals surface area contributed by atoms with Crippen molar-refractivity contribution in [3.63, 3.8) is 0 Å². The van der Waals surface area contributed by atoms with Crippen LogP contribution in [0.2, 0.25) is 0 Å². The molecule has 9 heteroatoms. The van der Waals surface area contributed by atoms with Gasteiger partial charge in [-0.25, -0.2) is 8.42 Å². The number of benzene rings is 1. The highest BCUT2D eigenvalue weighted by Gasteiger charge is 2.22. The molecule has 1 aromatic carbocycles. The van der Waals surface area contributed by atoms with Gasteiger partial charge in [0, 0.05) is 18.7 Å². The lowest BCUT2D eigenvalue weighted by Crippen LogP contribution is -2.38. The van der Waals surface area contributed by atoms with Gasteiger partial charge in [0.25, 0.3) is 5.69 Å². The second-order valence-corrected chi connectivity index (χ2v) is 6.57. The highest BCUT2D eigenvalue weighted by atomic mass is 32.2. The molecule has 2 N–H and O–H groups in total. The maximum atomic E-state index is 12.2. The minimum absolute atomic E-state index is 0.0386. The molecule has 0 unspecified atom stereocenters. The molecule has 0 amide bonds. The summed E-state index contributed by atoms with van der Waals surface area (Å²) in [5.41, 5.74) is 5.56. The molecule has 0 fully saturated rings. The van der Waals surface area contributed by atoms with E-state index in [1.165, 1.54) is 24.3 Å². The van der Waals surface area contributed by atoms with E-state index in [0.717, 1.165) is 4.31 Å². The Morgan fingerprint density at radius 3 is 2.65 bits per heavy atom. The predicted octanol–water partition coefficient (Wildman–Crippen LogP) is 1.03. The summed E-state index contributed by atoms with van der Waals surface area (Å²) in [6.07, 6.45) is 0. The Hall–Kier alpha value is -1.58. The van der Waals surface area contributed by atoms with Crippen LogP contribution in [0.15, 0.2) is 24.3 Å². The van der Waals surface area contributed by atoms with E-state index in [4.69, 9.17) is 18.0 Å². The monoisotopic (exact) mass is 317 g/mol. The number of rotatable bonds is 7. The molecule has 0 aliphatic heterocycles. The standard InChI is InChI=1S/C11H15N3O4S2/c1-2-13(7-11(12)19)20(17,18)8-9-4-3-5-10(6-9)14(15)16/h3-6H,2,7-8H2,1H3,(H2,12,19). The third-order valence-corrected chi connectivity index (χ3v) is 4.55. The summed E-state index contributed by atoms with van der Waals surface area (Å²) in [7, 11) is -3.62. The second-order valence-electron chi connectivity index (χ2n) is 4.08. The summed E-state index contributed by atoms with van der Waals surface area (Å²) in [5, 5.41) is 10.7. The molecule has 0 bridgehead atoms. The van der Waals surface area contributed by atoms with Crippen molar-refractivity contribution in [3.05, 3.63) is 39.9 Å². The molecule has 0 heterocycles. The van der Waals surface area contributed by atoms with Crippen molar-refractivity contribution in [2.24, 2.45) is 5.73 Å². The quantitative estimate of drug-likeness (QED) is 0.457. The number of hydrogen-bond acceptors (Lipinski definition) is 5. The van der Waals surface area contributed by atoms with Crippen LogP contribution < -0.4 is 5.73 Å². The van der Waals surface area contributed by atoms with Crippen LogP contribution in [0, 0.1) is 10.1 Å². The van der Waals surface area contributed by atoms with Gasteiger partial charge in [-0.1, -0.05) is 31.3 Å². The van der Waals surface area contributed by atoms with Gasteiger partial charge in [-0.3, -0.25) is 10.1 Å². The Morgan fingerprint density at radius 2 is 2.15 bits per heavy atom. The molecule has 0 aliphatic rings. The van der Waals surface area contributed by atoms with Crippen molar-refractivity contribution in [1.82, 2.24) is 4.31 Å². The maximum Gasteiger partial charge on any atom is 0.269 e. The topological polar surface area (TPSA) is 107 Å². The van der Waals surface area contributed by atoms with E-state index >= 15 is 0 Å². The van der Waals surface area contributed by atoms with Gasteiger partial charge in [-0.15, -0.1) is 0 Å². The Labute approximate surface area is 122 Å². The molecule has 0 aliphatic carbocycles. The van der Waals surface area contributed by atoms with Crippen molar-refractivity contribution in [2.75, 3.05) is 13.1 Å². The molecular weight excluding hydrogens is 302 g/mol. The molecular formula is C11H15N3O4S2. The van der Waals surface area contributed by atoms with E-state index in [1.807, 2.05) is 0 Å². The molecule has 0 saturated heterocycles. The van der Waals surface area contributed by atoms with Crippen LogP contribution in [0.4, 0.5) is 5.69 Å². The lowest BCUT2D eigenvalue weighted by molar-refractivity contribution is -0.384. The molecule has 0 radical (unpaired) electrons. The van der Waals surface area contributed by atoms with Crippen LogP contribution in [-0.2, 0) is 15.8 Å². The fourth-order valence-electron chi connectivity index (χ4n) is 1.64. The lowest BCUT2D eigenvalue weighted by Gasteiger charge is -2.19. The van der Waals surface area contributed by atoms with Gasteiger partial charge in [0.15, 0.2) is 0 Å². The molecule has 0 saturated carbocycles. The highest BCUT2D eigenvalue weighted by Crippen LogP contribution is 2.17. The predicted molar refractivity (Wildman–Crippen MR) is 79.8 cm³/mol. The zero-order chi connectivity index (χ0) is 15.3. The number of nitrogens with zero attached hydrogens (tertiary/aromatic N) is 2. The van der Waals surface area contributed by atoms with Crippen molar-refractivity contribution in [2.45, 2.75) is 12.7 Å². The van der Waals surface area contributed by atoms with Gasteiger partial charge in [0.1, 0.15) is 0 Å².